The maximum atomic E-state index is 13.6. The first-order valence-corrected chi connectivity index (χ1v) is 14.4. The molecule has 11 heteroatoms. The monoisotopic (exact) mass is 566 g/mol. The summed E-state index contributed by atoms with van der Waals surface area (Å²) in [6.45, 7) is 3.89. The normalized spacial score (nSPS) is 18.0. The van der Waals surface area contributed by atoms with Crippen LogP contribution in [-0.4, -0.2) is 74.2 Å². The molecule has 0 saturated heterocycles. The van der Waals surface area contributed by atoms with Gasteiger partial charge in [-0.2, -0.15) is 0 Å². The summed E-state index contributed by atoms with van der Waals surface area (Å²) >= 11 is 0. The Hall–Kier alpha value is -4.09. The lowest BCUT2D eigenvalue weighted by Crippen LogP contribution is -2.50. The quantitative estimate of drug-likeness (QED) is 0.380. The Balaban J connectivity index is 1.62. The summed E-state index contributed by atoms with van der Waals surface area (Å²) in [5, 5.41) is 12.7. The molecule has 3 atom stereocenters. The molecule has 3 amide bonds. The second-order valence-corrected chi connectivity index (χ2v) is 11.6. The standard InChI is InChI=1S/C29H34N4O6S/c1-20-17-33(21(2)19-34)28(35)25-16-23(31-40(37,38)24-12-8-5-9-13-24)14-15-26(25)39-27(20)18-32(3)29(36)30-22-10-6-4-7-11-22/h4-16,20-21,27,31,34H,17-19H2,1-3H3,(H,30,36)/t20-,21-,27+/m1/s1. The first-order valence-electron chi connectivity index (χ1n) is 13.0. The highest BCUT2D eigenvalue weighted by molar-refractivity contribution is 7.92. The van der Waals surface area contributed by atoms with Crippen LogP contribution in [0.2, 0.25) is 0 Å². The molecule has 4 rings (SSSR count). The largest absolute Gasteiger partial charge is 0.487 e. The van der Waals surface area contributed by atoms with Gasteiger partial charge in [-0.3, -0.25) is 9.52 Å². The van der Waals surface area contributed by atoms with E-state index in [1.165, 1.54) is 29.2 Å². The maximum absolute atomic E-state index is 13.6. The van der Waals surface area contributed by atoms with Crippen LogP contribution in [0.4, 0.5) is 16.2 Å². The van der Waals surface area contributed by atoms with Gasteiger partial charge in [-0.05, 0) is 49.4 Å². The number of carbonyl (C=O) groups is 2. The number of hydrogen-bond donors (Lipinski definition) is 3. The Bertz CT molecular complexity index is 1440. The lowest BCUT2D eigenvalue weighted by molar-refractivity contribution is 0.0371. The van der Waals surface area contributed by atoms with E-state index in [9.17, 15) is 23.1 Å². The number of para-hydroxylation sites is 1. The lowest BCUT2D eigenvalue weighted by Gasteiger charge is -2.38. The van der Waals surface area contributed by atoms with Crippen molar-refractivity contribution in [1.82, 2.24) is 9.80 Å². The summed E-state index contributed by atoms with van der Waals surface area (Å²) in [5.41, 5.74) is 1.01. The number of anilines is 2. The summed E-state index contributed by atoms with van der Waals surface area (Å²) in [6, 6.07) is 20.7. The zero-order valence-corrected chi connectivity index (χ0v) is 23.5. The van der Waals surface area contributed by atoms with Gasteiger partial charge in [0, 0.05) is 30.9 Å². The fourth-order valence-electron chi connectivity index (χ4n) is 4.41. The zero-order valence-electron chi connectivity index (χ0n) is 22.7. The number of rotatable bonds is 8. The molecule has 212 valence electrons. The predicted octanol–water partition coefficient (Wildman–Crippen LogP) is 3.87. The Kier molecular flexibility index (Phi) is 8.96. The number of ether oxygens (including phenoxy) is 1. The molecular weight excluding hydrogens is 532 g/mol. The minimum absolute atomic E-state index is 0.0885. The minimum Gasteiger partial charge on any atom is -0.487 e. The highest BCUT2D eigenvalue weighted by atomic mass is 32.2. The molecule has 40 heavy (non-hydrogen) atoms. The molecule has 3 N–H and O–H groups in total. The van der Waals surface area contributed by atoms with E-state index < -0.39 is 28.1 Å². The van der Waals surface area contributed by atoms with Crippen molar-refractivity contribution in [3.05, 3.63) is 84.4 Å². The second-order valence-electron chi connectivity index (χ2n) is 9.93. The average Bonchev–Trinajstić information content (AvgIpc) is 2.95. The molecule has 0 radical (unpaired) electrons. The van der Waals surface area contributed by atoms with Crippen molar-refractivity contribution in [2.75, 3.05) is 36.8 Å². The van der Waals surface area contributed by atoms with Crippen LogP contribution in [0, 0.1) is 5.92 Å². The number of nitrogens with zero attached hydrogens (tertiary/aromatic N) is 2. The van der Waals surface area contributed by atoms with Crippen molar-refractivity contribution in [3.8, 4) is 5.75 Å². The molecule has 0 spiro atoms. The first-order chi connectivity index (χ1) is 19.1. The smallest absolute Gasteiger partial charge is 0.321 e. The summed E-state index contributed by atoms with van der Waals surface area (Å²) in [6.07, 6.45) is -0.501. The minimum atomic E-state index is -3.89. The summed E-state index contributed by atoms with van der Waals surface area (Å²) in [7, 11) is -2.22. The number of carbonyl (C=O) groups excluding carboxylic acids is 2. The fraction of sp³-hybridized carbons (Fsp3) is 0.310. The molecule has 0 aliphatic carbocycles. The van der Waals surface area contributed by atoms with Crippen LogP contribution in [-0.2, 0) is 10.0 Å². The van der Waals surface area contributed by atoms with Crippen LogP contribution < -0.4 is 14.8 Å². The third-order valence-electron chi connectivity index (χ3n) is 6.80. The van der Waals surface area contributed by atoms with Crippen molar-refractivity contribution in [3.63, 3.8) is 0 Å². The molecular formula is C29H34N4O6S. The highest BCUT2D eigenvalue weighted by Gasteiger charge is 2.34. The Morgan fingerprint density at radius 3 is 2.38 bits per heavy atom. The molecule has 0 saturated carbocycles. The zero-order chi connectivity index (χ0) is 28.9. The van der Waals surface area contributed by atoms with Crippen molar-refractivity contribution in [2.24, 2.45) is 5.92 Å². The number of likely N-dealkylation sites (N-methyl/N-ethyl adjacent to an activating group) is 1. The van der Waals surface area contributed by atoms with Crippen LogP contribution in [0.15, 0.2) is 83.8 Å². The Morgan fingerprint density at radius 2 is 1.73 bits per heavy atom. The van der Waals surface area contributed by atoms with Crippen molar-refractivity contribution in [2.45, 2.75) is 30.9 Å². The number of hydrogen-bond acceptors (Lipinski definition) is 6. The average molecular weight is 567 g/mol. The van der Waals surface area contributed by atoms with Crippen molar-refractivity contribution < 1.29 is 27.9 Å². The number of urea groups is 1. The highest BCUT2D eigenvalue weighted by Crippen LogP contribution is 2.31. The van der Waals surface area contributed by atoms with Crippen LogP contribution in [0.5, 0.6) is 5.75 Å². The van der Waals surface area contributed by atoms with Gasteiger partial charge in [0.1, 0.15) is 11.9 Å². The summed E-state index contributed by atoms with van der Waals surface area (Å²) in [5.74, 6) is -0.330. The van der Waals surface area contributed by atoms with E-state index in [4.69, 9.17) is 4.74 Å². The molecule has 1 heterocycles. The third kappa shape index (κ3) is 6.72. The molecule has 0 aromatic heterocycles. The lowest BCUT2D eigenvalue weighted by atomic mass is 9.99. The predicted molar refractivity (Wildman–Crippen MR) is 153 cm³/mol. The first kappa shape index (κ1) is 28.9. The fourth-order valence-corrected chi connectivity index (χ4v) is 5.48. The molecule has 0 fully saturated rings. The number of nitrogens with one attached hydrogen (secondary N) is 2. The number of benzene rings is 3. The van der Waals surface area contributed by atoms with Gasteiger partial charge < -0.3 is 25.0 Å². The number of sulfonamides is 1. The van der Waals surface area contributed by atoms with Gasteiger partial charge in [-0.25, -0.2) is 13.2 Å². The molecule has 1 aliphatic heterocycles. The van der Waals surface area contributed by atoms with E-state index in [0.29, 0.717) is 5.69 Å². The number of fused-ring (bicyclic) bond motifs is 1. The van der Waals surface area contributed by atoms with Gasteiger partial charge in [0.2, 0.25) is 0 Å². The number of aliphatic hydroxyl groups is 1. The van der Waals surface area contributed by atoms with E-state index in [1.54, 1.807) is 55.3 Å². The van der Waals surface area contributed by atoms with Gasteiger partial charge in [0.05, 0.1) is 29.7 Å². The summed E-state index contributed by atoms with van der Waals surface area (Å²) in [4.78, 5) is 29.7. The maximum Gasteiger partial charge on any atom is 0.321 e. The second kappa shape index (κ2) is 12.4. The molecule has 3 aromatic carbocycles. The van der Waals surface area contributed by atoms with Crippen LogP contribution in [0.1, 0.15) is 24.2 Å². The van der Waals surface area contributed by atoms with Gasteiger partial charge >= 0.3 is 6.03 Å². The van der Waals surface area contributed by atoms with Gasteiger partial charge in [-0.15, -0.1) is 0 Å². The molecule has 1 aliphatic rings. The Labute approximate surface area is 234 Å². The van der Waals surface area contributed by atoms with Crippen LogP contribution >= 0.6 is 0 Å². The van der Waals surface area contributed by atoms with E-state index in [-0.39, 0.29) is 53.5 Å². The molecule has 3 aromatic rings. The third-order valence-corrected chi connectivity index (χ3v) is 8.19. The topological polar surface area (TPSA) is 128 Å². The van der Waals surface area contributed by atoms with Crippen LogP contribution in [0.3, 0.4) is 0 Å². The van der Waals surface area contributed by atoms with E-state index >= 15 is 0 Å². The number of amides is 3. The van der Waals surface area contributed by atoms with Crippen molar-refractivity contribution in [1.29, 1.82) is 0 Å². The number of aliphatic hydroxyl groups excluding tert-OH is 1. The summed E-state index contributed by atoms with van der Waals surface area (Å²) < 4.78 is 34.6. The van der Waals surface area contributed by atoms with Gasteiger partial charge in [0.25, 0.3) is 15.9 Å². The molecule has 0 unspecified atom stereocenters. The van der Waals surface area contributed by atoms with Gasteiger partial charge in [-0.1, -0.05) is 43.3 Å². The van der Waals surface area contributed by atoms with E-state index in [1.807, 2.05) is 25.1 Å². The SMILES string of the molecule is C[C@@H]1CN([C@H](C)CO)C(=O)c2cc(NS(=O)(=O)c3ccccc3)ccc2O[C@H]1CN(C)C(=O)Nc1ccccc1. The van der Waals surface area contributed by atoms with Crippen molar-refractivity contribution >= 4 is 33.3 Å². The molecule has 0 bridgehead atoms. The van der Waals surface area contributed by atoms with Crippen LogP contribution in [0.25, 0.3) is 0 Å². The Morgan fingerprint density at radius 1 is 1.07 bits per heavy atom. The van der Waals surface area contributed by atoms with E-state index in [0.717, 1.165) is 0 Å². The van der Waals surface area contributed by atoms with E-state index in [2.05, 4.69) is 10.0 Å². The molecule has 10 nitrogen and oxygen atoms in total. The van der Waals surface area contributed by atoms with Gasteiger partial charge in [0.15, 0.2) is 0 Å².